The van der Waals surface area contributed by atoms with Gasteiger partial charge in [0.05, 0.1) is 24.9 Å². The molecule has 1 unspecified atom stereocenters. The van der Waals surface area contributed by atoms with Gasteiger partial charge >= 0.3 is 5.69 Å². The Kier molecular flexibility index (Phi) is 3.61. The molecule has 0 spiro atoms. The minimum absolute atomic E-state index is 0.106. The number of aromatic nitrogens is 2. The van der Waals surface area contributed by atoms with Gasteiger partial charge in [0, 0.05) is 6.20 Å². The summed E-state index contributed by atoms with van der Waals surface area (Å²) in [6, 6.07) is 0. The Balaban J connectivity index is 2.85. The van der Waals surface area contributed by atoms with Crippen molar-refractivity contribution < 1.29 is 9.84 Å². The molecule has 1 atom stereocenters. The fourth-order valence-electron chi connectivity index (χ4n) is 1.04. The van der Waals surface area contributed by atoms with Crippen LogP contribution in [0.4, 0.5) is 0 Å². The molecule has 1 aromatic rings. The highest BCUT2D eigenvalue weighted by molar-refractivity contribution is 5.06. The van der Waals surface area contributed by atoms with Crippen molar-refractivity contribution in [2.24, 2.45) is 0 Å². The van der Waals surface area contributed by atoms with E-state index in [1.54, 1.807) is 6.92 Å². The summed E-state index contributed by atoms with van der Waals surface area (Å²) in [5, 5.41) is 8.51. The van der Waals surface area contributed by atoms with Crippen molar-refractivity contribution in [1.29, 1.82) is 0 Å². The first-order chi connectivity index (χ1) is 6.65. The van der Waals surface area contributed by atoms with Crippen molar-refractivity contribution in [3.05, 3.63) is 32.6 Å². The van der Waals surface area contributed by atoms with Gasteiger partial charge in [0.25, 0.3) is 5.56 Å². The first-order valence-electron chi connectivity index (χ1n) is 4.19. The maximum absolute atomic E-state index is 11.2. The van der Waals surface area contributed by atoms with Crippen LogP contribution in [0.3, 0.4) is 0 Å². The molecule has 3 N–H and O–H groups in total. The van der Waals surface area contributed by atoms with E-state index in [1.165, 1.54) is 6.20 Å². The zero-order chi connectivity index (χ0) is 10.6. The molecule has 6 heteroatoms. The number of aliphatic hydroxyl groups is 1. The van der Waals surface area contributed by atoms with Gasteiger partial charge < -0.3 is 14.8 Å². The van der Waals surface area contributed by atoms with Crippen LogP contribution in [-0.4, -0.2) is 28.3 Å². The lowest BCUT2D eigenvalue weighted by Crippen LogP contribution is -2.26. The van der Waals surface area contributed by atoms with E-state index in [-0.39, 0.29) is 13.2 Å². The molecule has 0 bridgehead atoms. The maximum atomic E-state index is 11.2. The van der Waals surface area contributed by atoms with Crippen LogP contribution in [0.5, 0.6) is 0 Å². The largest absolute Gasteiger partial charge is 0.394 e. The van der Waals surface area contributed by atoms with Crippen LogP contribution < -0.4 is 11.2 Å². The molecule has 1 heterocycles. The number of nitrogens with one attached hydrogen (secondary N) is 2. The number of rotatable bonds is 4. The molecule has 6 nitrogen and oxygen atoms in total. The lowest BCUT2D eigenvalue weighted by atomic mass is 10.2. The predicted octanol–water partition coefficient (Wildman–Crippen LogP) is -0.867. The monoisotopic (exact) mass is 200 g/mol. The van der Waals surface area contributed by atoms with Gasteiger partial charge in [-0.05, 0) is 6.92 Å². The van der Waals surface area contributed by atoms with E-state index in [9.17, 15) is 9.59 Å². The number of hydrogen-bond donors (Lipinski definition) is 3. The molecule has 0 aromatic carbocycles. The summed E-state index contributed by atoms with van der Waals surface area (Å²) < 4.78 is 5.11. The third-order valence-corrected chi connectivity index (χ3v) is 1.75. The highest BCUT2D eigenvalue weighted by atomic mass is 16.5. The van der Waals surface area contributed by atoms with Crippen molar-refractivity contribution >= 4 is 0 Å². The Bertz CT molecular complexity index is 395. The molecule has 14 heavy (non-hydrogen) atoms. The fourth-order valence-corrected chi connectivity index (χ4v) is 1.04. The van der Waals surface area contributed by atoms with Crippen molar-refractivity contribution in [2.45, 2.75) is 13.0 Å². The molecule has 0 fully saturated rings. The van der Waals surface area contributed by atoms with Gasteiger partial charge in [0.15, 0.2) is 0 Å². The van der Waals surface area contributed by atoms with Gasteiger partial charge in [-0.3, -0.25) is 9.78 Å². The van der Waals surface area contributed by atoms with Crippen molar-refractivity contribution in [3.8, 4) is 0 Å². The van der Waals surface area contributed by atoms with Gasteiger partial charge in [-0.2, -0.15) is 0 Å². The van der Waals surface area contributed by atoms with Crippen LogP contribution in [0.25, 0.3) is 0 Å². The average Bonchev–Trinajstić information content (AvgIpc) is 2.14. The first-order valence-corrected chi connectivity index (χ1v) is 4.19. The summed E-state index contributed by atoms with van der Waals surface area (Å²) in [6.07, 6.45) is 0.853. The molecule has 0 aliphatic carbocycles. The first kappa shape index (κ1) is 10.7. The number of H-pyrrole nitrogens is 2. The summed E-state index contributed by atoms with van der Waals surface area (Å²) >= 11 is 0. The molecule has 0 saturated carbocycles. The maximum Gasteiger partial charge on any atom is 0.325 e. The lowest BCUT2D eigenvalue weighted by molar-refractivity contribution is 0.0375. The Hall–Kier alpha value is -1.40. The average molecular weight is 200 g/mol. The van der Waals surface area contributed by atoms with Crippen molar-refractivity contribution in [1.82, 2.24) is 9.97 Å². The fraction of sp³-hybridized carbons (Fsp3) is 0.500. The van der Waals surface area contributed by atoms with Gasteiger partial charge in [-0.15, -0.1) is 0 Å². The second-order valence-corrected chi connectivity index (χ2v) is 2.76. The van der Waals surface area contributed by atoms with E-state index in [0.717, 1.165) is 0 Å². The van der Waals surface area contributed by atoms with Crippen molar-refractivity contribution in [2.75, 3.05) is 13.2 Å². The van der Waals surface area contributed by atoms with Crippen LogP contribution >= 0.6 is 0 Å². The standard InChI is InChI=1S/C8H12N2O4/c1-5(14-3-2-11)6-4-9-8(13)10-7(6)12/h4-5,11H,2-3H2,1H3,(H2,9,10,12,13). The quantitative estimate of drug-likeness (QED) is 0.589. The molecule has 0 aliphatic rings. The summed E-state index contributed by atoms with van der Waals surface area (Å²) in [6.45, 7) is 1.71. The summed E-state index contributed by atoms with van der Waals surface area (Å²) in [5.74, 6) is 0. The molecule has 1 aromatic heterocycles. The Morgan fingerprint density at radius 3 is 2.86 bits per heavy atom. The lowest BCUT2D eigenvalue weighted by Gasteiger charge is -2.10. The predicted molar refractivity (Wildman–Crippen MR) is 49.1 cm³/mol. The third-order valence-electron chi connectivity index (χ3n) is 1.75. The minimum atomic E-state index is -0.548. The zero-order valence-corrected chi connectivity index (χ0v) is 7.74. The van der Waals surface area contributed by atoms with Crippen LogP contribution in [0.1, 0.15) is 18.6 Å². The Labute approximate surface area is 79.6 Å². The van der Waals surface area contributed by atoms with Crippen LogP contribution in [0.15, 0.2) is 15.8 Å². The van der Waals surface area contributed by atoms with E-state index in [1.807, 2.05) is 0 Å². The highest BCUT2D eigenvalue weighted by Gasteiger charge is 2.09. The summed E-state index contributed by atoms with van der Waals surface area (Å²) in [5.41, 5.74) is -0.689. The molecular weight excluding hydrogens is 188 g/mol. The summed E-state index contributed by atoms with van der Waals surface area (Å²) in [7, 11) is 0. The van der Waals surface area contributed by atoms with E-state index >= 15 is 0 Å². The van der Waals surface area contributed by atoms with Crippen molar-refractivity contribution in [3.63, 3.8) is 0 Å². The number of ether oxygens (including phenoxy) is 1. The zero-order valence-electron chi connectivity index (χ0n) is 7.74. The molecular formula is C8H12N2O4. The van der Waals surface area contributed by atoms with E-state index < -0.39 is 17.4 Å². The van der Waals surface area contributed by atoms with Gasteiger partial charge in [0.1, 0.15) is 0 Å². The van der Waals surface area contributed by atoms with Gasteiger partial charge in [-0.1, -0.05) is 0 Å². The van der Waals surface area contributed by atoms with Gasteiger partial charge in [0.2, 0.25) is 0 Å². The van der Waals surface area contributed by atoms with Crippen LogP contribution in [-0.2, 0) is 4.74 Å². The highest BCUT2D eigenvalue weighted by Crippen LogP contribution is 2.09. The second kappa shape index (κ2) is 4.73. The number of aliphatic hydroxyl groups excluding tert-OH is 1. The van der Waals surface area contributed by atoms with Gasteiger partial charge in [-0.25, -0.2) is 4.79 Å². The molecule has 78 valence electrons. The second-order valence-electron chi connectivity index (χ2n) is 2.76. The molecule has 1 rings (SSSR count). The van der Waals surface area contributed by atoms with Crippen LogP contribution in [0.2, 0.25) is 0 Å². The topological polar surface area (TPSA) is 95.2 Å². The Morgan fingerprint density at radius 2 is 2.29 bits per heavy atom. The molecule has 0 aliphatic heterocycles. The van der Waals surface area contributed by atoms with E-state index in [0.29, 0.717) is 5.56 Å². The SMILES string of the molecule is CC(OCCO)c1c[nH]c(=O)[nH]c1=O. The van der Waals surface area contributed by atoms with Crippen LogP contribution in [0, 0.1) is 0 Å². The number of hydrogen-bond acceptors (Lipinski definition) is 4. The normalized spacial score (nSPS) is 12.7. The Morgan fingerprint density at radius 1 is 1.57 bits per heavy atom. The third kappa shape index (κ3) is 2.54. The molecule has 0 radical (unpaired) electrons. The molecule has 0 saturated heterocycles. The van der Waals surface area contributed by atoms with E-state index in [4.69, 9.17) is 9.84 Å². The number of aromatic amines is 2. The molecule has 0 amide bonds. The minimum Gasteiger partial charge on any atom is -0.394 e. The van der Waals surface area contributed by atoms with E-state index in [2.05, 4.69) is 9.97 Å². The smallest absolute Gasteiger partial charge is 0.325 e. The summed E-state index contributed by atoms with van der Waals surface area (Å²) in [4.78, 5) is 26.3.